The van der Waals surface area contributed by atoms with Gasteiger partial charge in [0.05, 0.1) is 4.90 Å². The van der Waals surface area contributed by atoms with E-state index in [1.165, 1.54) is 35.7 Å². The molecule has 1 aliphatic heterocycles. The van der Waals surface area contributed by atoms with Crippen molar-refractivity contribution >= 4 is 21.8 Å². The molecule has 6 rings (SSSR count). The van der Waals surface area contributed by atoms with Crippen LogP contribution < -0.4 is 10.9 Å². The zero-order valence-corrected chi connectivity index (χ0v) is 21.1. The average Bonchev–Trinajstić information content (AvgIpc) is 2.75. The van der Waals surface area contributed by atoms with Crippen LogP contribution >= 0.6 is 0 Å². The molecule has 1 saturated heterocycles. The van der Waals surface area contributed by atoms with Crippen LogP contribution in [0.4, 0.5) is 0 Å². The highest BCUT2D eigenvalue weighted by Crippen LogP contribution is 2.61. The van der Waals surface area contributed by atoms with Crippen molar-refractivity contribution in [2.45, 2.75) is 70.1 Å². The van der Waals surface area contributed by atoms with Crippen molar-refractivity contribution in [3.05, 3.63) is 29.8 Å². The minimum Gasteiger partial charge on any atom is -0.273 e. The molecule has 1 heterocycles. The first-order valence-electron chi connectivity index (χ1n) is 12.8. The molecule has 2 atom stereocenters. The fourth-order valence-corrected chi connectivity index (χ4v) is 9.56. The molecule has 4 aliphatic carbocycles. The average molecular weight is 488 g/mol. The zero-order valence-electron chi connectivity index (χ0n) is 20.3. The van der Waals surface area contributed by atoms with Crippen LogP contribution in [0.25, 0.3) is 0 Å². The number of nitrogens with zero attached hydrogens (tertiary/aromatic N) is 1. The maximum atomic E-state index is 13.2. The van der Waals surface area contributed by atoms with E-state index in [9.17, 15) is 18.0 Å². The Balaban J connectivity index is 1.20. The van der Waals surface area contributed by atoms with Gasteiger partial charge in [-0.25, -0.2) is 8.42 Å². The molecule has 1 aromatic carbocycles. The van der Waals surface area contributed by atoms with Crippen molar-refractivity contribution in [1.82, 2.24) is 15.2 Å². The van der Waals surface area contributed by atoms with Gasteiger partial charge in [0.1, 0.15) is 0 Å². The zero-order chi connectivity index (χ0) is 24.1. The van der Waals surface area contributed by atoms with Crippen molar-refractivity contribution in [2.75, 3.05) is 13.1 Å². The van der Waals surface area contributed by atoms with Crippen LogP contribution in [0.2, 0.25) is 0 Å². The lowest BCUT2D eigenvalue weighted by Crippen LogP contribution is -2.50. The SMILES string of the molecule is CC1CC(C)CN(S(=O)(=O)c2cccc(C(=O)NNC(=O)CC34CC5CC(CC(C5)C3)C4)c2)C1. The maximum Gasteiger partial charge on any atom is 0.269 e. The lowest BCUT2D eigenvalue weighted by molar-refractivity contribution is -0.130. The molecule has 0 aromatic heterocycles. The molecule has 4 saturated carbocycles. The third-order valence-corrected chi connectivity index (χ3v) is 10.4. The van der Waals surface area contributed by atoms with Gasteiger partial charge in [0.15, 0.2) is 0 Å². The standard InChI is InChI=1S/C26H37N3O4S/c1-17-6-18(2)16-29(15-17)34(32,33)23-5-3-4-22(10-23)25(31)28-27-24(30)14-26-11-19-7-20(12-26)9-21(8-19)13-26/h3-5,10,17-21H,6-9,11-16H2,1-2H3,(H,27,30)(H,28,31). The molecular weight excluding hydrogens is 450 g/mol. The molecule has 2 unspecified atom stereocenters. The summed E-state index contributed by atoms with van der Waals surface area (Å²) in [5, 5.41) is 0. The van der Waals surface area contributed by atoms with Gasteiger partial charge in [0, 0.05) is 25.1 Å². The molecule has 8 heteroatoms. The third-order valence-electron chi connectivity index (χ3n) is 8.59. The van der Waals surface area contributed by atoms with Gasteiger partial charge in [-0.2, -0.15) is 4.31 Å². The van der Waals surface area contributed by atoms with Crippen molar-refractivity contribution in [2.24, 2.45) is 35.0 Å². The highest BCUT2D eigenvalue weighted by atomic mass is 32.2. The Labute approximate surface area is 203 Å². The minimum atomic E-state index is -3.68. The van der Waals surface area contributed by atoms with Gasteiger partial charge < -0.3 is 0 Å². The summed E-state index contributed by atoms with van der Waals surface area (Å²) in [5.41, 5.74) is 5.41. The predicted molar refractivity (Wildman–Crippen MR) is 129 cm³/mol. The number of hydrazine groups is 1. The summed E-state index contributed by atoms with van der Waals surface area (Å²) < 4.78 is 27.9. The number of carbonyl (C=O) groups is 2. The fourth-order valence-electron chi connectivity index (χ4n) is 7.84. The van der Waals surface area contributed by atoms with Gasteiger partial charge in [0.2, 0.25) is 15.9 Å². The summed E-state index contributed by atoms with van der Waals surface area (Å²) in [7, 11) is -3.68. The number of hydrogen-bond acceptors (Lipinski definition) is 4. The fraction of sp³-hybridized carbons (Fsp3) is 0.692. The first-order chi connectivity index (χ1) is 16.1. The van der Waals surface area contributed by atoms with Crippen molar-refractivity contribution in [1.29, 1.82) is 0 Å². The Morgan fingerprint density at radius 3 is 2.12 bits per heavy atom. The van der Waals surface area contributed by atoms with E-state index in [2.05, 4.69) is 24.7 Å². The summed E-state index contributed by atoms with van der Waals surface area (Å²) in [6.45, 7) is 5.11. The van der Waals surface area contributed by atoms with Gasteiger partial charge >= 0.3 is 0 Å². The summed E-state index contributed by atoms with van der Waals surface area (Å²) in [4.78, 5) is 25.6. The predicted octanol–water partition coefficient (Wildman–Crippen LogP) is 3.72. The summed E-state index contributed by atoms with van der Waals surface area (Å²) in [6.07, 6.45) is 8.84. The smallest absolute Gasteiger partial charge is 0.269 e. The second-order valence-electron chi connectivity index (χ2n) is 11.9. The molecule has 1 aromatic rings. The Bertz CT molecular complexity index is 1020. The Hall–Kier alpha value is -1.93. The van der Waals surface area contributed by atoms with E-state index in [4.69, 9.17) is 0 Å². The number of sulfonamides is 1. The first-order valence-corrected chi connectivity index (χ1v) is 14.3. The van der Waals surface area contributed by atoms with E-state index >= 15 is 0 Å². The van der Waals surface area contributed by atoms with Gasteiger partial charge in [0.25, 0.3) is 5.91 Å². The molecule has 5 aliphatic rings. The van der Waals surface area contributed by atoms with Crippen LogP contribution in [0, 0.1) is 35.0 Å². The van der Waals surface area contributed by atoms with Gasteiger partial charge in [-0.05, 0) is 98.1 Å². The van der Waals surface area contributed by atoms with E-state index in [1.54, 1.807) is 12.1 Å². The molecule has 34 heavy (non-hydrogen) atoms. The number of benzene rings is 1. The molecule has 0 spiro atoms. The van der Waals surface area contributed by atoms with Crippen LogP contribution in [0.5, 0.6) is 0 Å². The van der Waals surface area contributed by atoms with Crippen molar-refractivity contribution in [3.63, 3.8) is 0 Å². The van der Waals surface area contributed by atoms with Crippen LogP contribution in [0.3, 0.4) is 0 Å². The quantitative estimate of drug-likeness (QED) is 0.619. The van der Waals surface area contributed by atoms with Gasteiger partial charge in [-0.3, -0.25) is 20.4 Å². The van der Waals surface area contributed by atoms with E-state index in [0.29, 0.717) is 31.3 Å². The first kappa shape index (κ1) is 23.8. The number of rotatable bonds is 5. The van der Waals surface area contributed by atoms with Crippen LogP contribution in [0.15, 0.2) is 29.2 Å². The lowest BCUT2D eigenvalue weighted by atomic mass is 9.49. The Morgan fingerprint density at radius 1 is 0.941 bits per heavy atom. The van der Waals surface area contributed by atoms with E-state index in [-0.39, 0.29) is 21.8 Å². The molecular formula is C26H37N3O4S. The monoisotopic (exact) mass is 487 g/mol. The Kier molecular flexibility index (Phi) is 6.25. The van der Waals surface area contributed by atoms with Crippen molar-refractivity contribution < 1.29 is 18.0 Å². The second kappa shape index (κ2) is 8.94. The lowest BCUT2D eigenvalue weighted by Gasteiger charge is -2.56. The van der Waals surface area contributed by atoms with E-state index in [1.807, 2.05) is 0 Å². The molecule has 186 valence electrons. The minimum absolute atomic E-state index is 0.0975. The largest absolute Gasteiger partial charge is 0.273 e. The summed E-state index contributed by atoms with van der Waals surface area (Å²) in [5.74, 6) is 2.24. The summed E-state index contributed by atoms with van der Waals surface area (Å²) >= 11 is 0. The molecule has 4 bridgehead atoms. The van der Waals surface area contributed by atoms with Gasteiger partial charge in [-0.1, -0.05) is 19.9 Å². The van der Waals surface area contributed by atoms with Crippen LogP contribution in [-0.4, -0.2) is 37.6 Å². The number of piperidine rings is 1. The Morgan fingerprint density at radius 2 is 1.53 bits per heavy atom. The van der Waals surface area contributed by atoms with Crippen LogP contribution in [0.1, 0.15) is 75.6 Å². The molecule has 0 radical (unpaired) electrons. The van der Waals surface area contributed by atoms with Crippen LogP contribution in [-0.2, 0) is 14.8 Å². The molecule has 5 fully saturated rings. The maximum absolute atomic E-state index is 13.2. The van der Waals surface area contributed by atoms with Gasteiger partial charge in [-0.15, -0.1) is 0 Å². The number of nitrogens with one attached hydrogen (secondary N) is 2. The number of carbonyl (C=O) groups excluding carboxylic acids is 2. The third kappa shape index (κ3) is 4.76. The topological polar surface area (TPSA) is 95.6 Å². The van der Waals surface area contributed by atoms with E-state index < -0.39 is 15.9 Å². The van der Waals surface area contributed by atoms with E-state index in [0.717, 1.165) is 43.4 Å². The molecule has 7 nitrogen and oxygen atoms in total. The number of hydrogen-bond donors (Lipinski definition) is 2. The number of amides is 2. The molecule has 2 N–H and O–H groups in total. The highest BCUT2D eigenvalue weighted by molar-refractivity contribution is 7.89. The molecule has 2 amide bonds. The second-order valence-corrected chi connectivity index (χ2v) is 13.8. The highest BCUT2D eigenvalue weighted by Gasteiger charge is 2.51. The normalized spacial score (nSPS) is 35.2. The summed E-state index contributed by atoms with van der Waals surface area (Å²) in [6, 6.07) is 6.08. The van der Waals surface area contributed by atoms with Crippen molar-refractivity contribution in [3.8, 4) is 0 Å².